The number of fused-ring (bicyclic) bond motifs is 1. The van der Waals surface area contributed by atoms with Crippen LogP contribution < -0.4 is 20.1 Å². The summed E-state index contributed by atoms with van der Waals surface area (Å²) in [5.41, 5.74) is 2.91. The lowest BCUT2D eigenvalue weighted by Crippen LogP contribution is -2.38. The van der Waals surface area contributed by atoms with Crippen molar-refractivity contribution in [2.75, 3.05) is 23.1 Å². The number of benzene rings is 2. The first-order valence-corrected chi connectivity index (χ1v) is 16.0. The van der Waals surface area contributed by atoms with Crippen molar-refractivity contribution < 1.29 is 13.2 Å². The molecule has 0 bridgehead atoms. The van der Waals surface area contributed by atoms with Crippen molar-refractivity contribution in [2.24, 2.45) is 0 Å². The van der Waals surface area contributed by atoms with E-state index in [0.717, 1.165) is 67.1 Å². The number of nitrogens with one attached hydrogen (secondary N) is 3. The Kier molecular flexibility index (Phi) is 8.02. The van der Waals surface area contributed by atoms with Crippen LogP contribution >= 0.6 is 0 Å². The number of aromatic nitrogens is 3. The molecule has 6 rings (SSSR count). The Hall–Kier alpha value is -3.76. The largest absolute Gasteiger partial charge is 0.437 e. The van der Waals surface area contributed by atoms with Crippen LogP contribution in [0, 0.1) is 6.92 Å². The van der Waals surface area contributed by atoms with Gasteiger partial charge in [0, 0.05) is 35.8 Å². The third kappa shape index (κ3) is 6.13. The van der Waals surface area contributed by atoms with Gasteiger partial charge in [-0.1, -0.05) is 43.5 Å². The predicted octanol–water partition coefficient (Wildman–Crippen LogP) is 6.03. The first kappa shape index (κ1) is 27.4. The minimum Gasteiger partial charge on any atom is -0.437 e. The standard InChI is InChI=1S/C31H36N6O3S/c1-21-14-15-24-25(11-5-13-28(24)37-41(38,39)23-9-3-2-4-10-23)29(21)40-30-26(12-7-18-33-30)27-16-19-34-31(36-27)35-22-8-6-17-32-20-22/h5,7,11-16,18-19,22-23,32,37H,2-4,6,8-10,17,20H2,1H3,(H,34,35,36). The van der Waals surface area contributed by atoms with E-state index in [1.807, 2.05) is 55.5 Å². The Balaban J connectivity index is 1.31. The third-order valence-corrected chi connectivity index (χ3v) is 9.84. The van der Waals surface area contributed by atoms with Crippen molar-refractivity contribution >= 4 is 32.4 Å². The second kappa shape index (κ2) is 12.0. The van der Waals surface area contributed by atoms with Gasteiger partial charge in [0.05, 0.1) is 22.2 Å². The van der Waals surface area contributed by atoms with Gasteiger partial charge in [0.1, 0.15) is 5.75 Å². The lowest BCUT2D eigenvalue weighted by molar-refractivity contribution is 0.466. The van der Waals surface area contributed by atoms with Crippen LogP contribution in [0.2, 0.25) is 0 Å². The fourth-order valence-electron chi connectivity index (χ4n) is 5.78. The molecule has 0 radical (unpaired) electrons. The molecule has 2 aromatic heterocycles. The van der Waals surface area contributed by atoms with Crippen LogP contribution in [0.1, 0.15) is 50.5 Å². The number of nitrogens with zero attached hydrogens (tertiary/aromatic N) is 3. The van der Waals surface area contributed by atoms with Crippen molar-refractivity contribution in [3.8, 4) is 22.9 Å². The van der Waals surface area contributed by atoms with Crippen LogP contribution in [0.25, 0.3) is 22.0 Å². The number of sulfonamides is 1. The lowest BCUT2D eigenvalue weighted by atomic mass is 10.0. The second-order valence-corrected chi connectivity index (χ2v) is 12.9. The summed E-state index contributed by atoms with van der Waals surface area (Å²) in [6.45, 7) is 3.89. The molecule has 1 atom stereocenters. The molecule has 1 unspecified atom stereocenters. The normalized spacial score (nSPS) is 18.2. The highest BCUT2D eigenvalue weighted by Crippen LogP contribution is 2.39. The molecular weight excluding hydrogens is 536 g/mol. The van der Waals surface area contributed by atoms with Gasteiger partial charge in [0.25, 0.3) is 0 Å². The summed E-state index contributed by atoms with van der Waals surface area (Å²) in [6.07, 6.45) is 10.0. The summed E-state index contributed by atoms with van der Waals surface area (Å²) in [7, 11) is -3.49. The number of rotatable bonds is 8. The minimum absolute atomic E-state index is 0.284. The van der Waals surface area contributed by atoms with E-state index in [1.165, 1.54) is 0 Å². The first-order chi connectivity index (χ1) is 20.0. The summed E-state index contributed by atoms with van der Waals surface area (Å²) in [6, 6.07) is 15.4. The Morgan fingerprint density at radius 1 is 0.902 bits per heavy atom. The molecule has 9 nitrogen and oxygen atoms in total. The lowest BCUT2D eigenvalue weighted by Gasteiger charge is -2.23. The van der Waals surface area contributed by atoms with Crippen LogP contribution in [0.5, 0.6) is 11.6 Å². The van der Waals surface area contributed by atoms with E-state index in [0.29, 0.717) is 41.8 Å². The van der Waals surface area contributed by atoms with Gasteiger partial charge < -0.3 is 15.4 Å². The molecule has 1 aliphatic carbocycles. The molecular formula is C31H36N6O3S. The van der Waals surface area contributed by atoms with Gasteiger partial charge in [-0.2, -0.15) is 0 Å². The molecule has 3 N–H and O–H groups in total. The SMILES string of the molecule is Cc1ccc2c(NS(=O)(=O)C3CCCCC3)cccc2c1Oc1ncccc1-c1ccnc(NC2CCCNC2)n1. The number of pyridine rings is 1. The maximum Gasteiger partial charge on any atom is 0.235 e. The monoisotopic (exact) mass is 572 g/mol. The van der Waals surface area contributed by atoms with E-state index in [2.05, 4.69) is 25.3 Å². The van der Waals surface area contributed by atoms with Gasteiger partial charge in [-0.3, -0.25) is 4.72 Å². The first-order valence-electron chi connectivity index (χ1n) is 14.5. The summed E-state index contributed by atoms with van der Waals surface area (Å²) in [5.74, 6) is 1.62. The molecule has 1 aliphatic heterocycles. The Morgan fingerprint density at radius 3 is 2.61 bits per heavy atom. The van der Waals surface area contributed by atoms with Gasteiger partial charge in [-0.15, -0.1) is 0 Å². The predicted molar refractivity (Wildman–Crippen MR) is 163 cm³/mol. The maximum atomic E-state index is 13.2. The van der Waals surface area contributed by atoms with Gasteiger partial charge in [0.2, 0.25) is 21.9 Å². The summed E-state index contributed by atoms with van der Waals surface area (Å²) >= 11 is 0. The quantitative estimate of drug-likeness (QED) is 0.234. The highest BCUT2D eigenvalue weighted by atomic mass is 32.2. The van der Waals surface area contributed by atoms with E-state index < -0.39 is 10.0 Å². The molecule has 0 spiro atoms. The third-order valence-electron chi connectivity index (χ3n) is 7.98. The van der Waals surface area contributed by atoms with Gasteiger partial charge >= 0.3 is 0 Å². The zero-order chi connectivity index (χ0) is 28.2. The van der Waals surface area contributed by atoms with Crippen molar-refractivity contribution in [3.05, 3.63) is 66.5 Å². The van der Waals surface area contributed by atoms with Crippen LogP contribution in [0.15, 0.2) is 60.9 Å². The molecule has 0 amide bonds. The summed E-state index contributed by atoms with van der Waals surface area (Å²) in [4.78, 5) is 13.8. The Labute approximate surface area is 241 Å². The van der Waals surface area contributed by atoms with Gasteiger partial charge in [-0.25, -0.2) is 23.4 Å². The molecule has 10 heteroatoms. The molecule has 2 fully saturated rings. The van der Waals surface area contributed by atoms with E-state index in [1.54, 1.807) is 12.4 Å². The Morgan fingerprint density at radius 2 is 1.78 bits per heavy atom. The molecule has 2 aliphatic rings. The van der Waals surface area contributed by atoms with Gasteiger partial charge in [0.15, 0.2) is 0 Å². The number of anilines is 2. The molecule has 1 saturated heterocycles. The highest BCUT2D eigenvalue weighted by Gasteiger charge is 2.28. The summed E-state index contributed by atoms with van der Waals surface area (Å²) < 4.78 is 35.9. The van der Waals surface area contributed by atoms with Crippen molar-refractivity contribution in [1.29, 1.82) is 0 Å². The van der Waals surface area contributed by atoms with E-state index >= 15 is 0 Å². The van der Waals surface area contributed by atoms with E-state index in [-0.39, 0.29) is 11.3 Å². The number of piperidine rings is 1. The van der Waals surface area contributed by atoms with Crippen LogP contribution in [0.4, 0.5) is 11.6 Å². The average molecular weight is 573 g/mol. The highest BCUT2D eigenvalue weighted by molar-refractivity contribution is 7.93. The Bertz CT molecular complexity index is 1630. The topological polar surface area (TPSA) is 118 Å². The summed E-state index contributed by atoms with van der Waals surface area (Å²) in [5, 5.41) is 8.07. The van der Waals surface area contributed by atoms with Crippen LogP contribution in [-0.2, 0) is 10.0 Å². The molecule has 2 aromatic carbocycles. The molecule has 1 saturated carbocycles. The second-order valence-electron chi connectivity index (χ2n) is 10.9. The van der Waals surface area contributed by atoms with E-state index in [4.69, 9.17) is 9.72 Å². The number of ether oxygens (including phenoxy) is 1. The minimum atomic E-state index is -3.49. The van der Waals surface area contributed by atoms with Gasteiger partial charge in [-0.05, 0) is 69.0 Å². The van der Waals surface area contributed by atoms with Crippen molar-refractivity contribution in [1.82, 2.24) is 20.3 Å². The van der Waals surface area contributed by atoms with Crippen LogP contribution in [0.3, 0.4) is 0 Å². The number of aryl methyl sites for hydroxylation is 1. The molecule has 214 valence electrons. The molecule has 3 heterocycles. The maximum absolute atomic E-state index is 13.2. The average Bonchev–Trinajstić information content (AvgIpc) is 3.00. The van der Waals surface area contributed by atoms with Crippen molar-refractivity contribution in [3.63, 3.8) is 0 Å². The van der Waals surface area contributed by atoms with Crippen LogP contribution in [-0.4, -0.2) is 47.8 Å². The molecule has 41 heavy (non-hydrogen) atoms. The number of hydrogen-bond donors (Lipinski definition) is 3. The zero-order valence-electron chi connectivity index (χ0n) is 23.3. The number of hydrogen-bond acceptors (Lipinski definition) is 8. The molecule has 4 aromatic rings. The van der Waals surface area contributed by atoms with E-state index in [9.17, 15) is 8.42 Å². The zero-order valence-corrected chi connectivity index (χ0v) is 24.1. The van der Waals surface area contributed by atoms with Crippen molar-refractivity contribution in [2.45, 2.75) is 63.2 Å². The smallest absolute Gasteiger partial charge is 0.235 e. The fraction of sp³-hybridized carbons (Fsp3) is 0.387. The fourth-order valence-corrected chi connectivity index (χ4v) is 7.38.